The molecular formula is C13H9BrClFN2O2. The minimum atomic E-state index is -0.435. The predicted molar refractivity (Wildman–Crippen MR) is 78.5 cm³/mol. The summed E-state index contributed by atoms with van der Waals surface area (Å²) in [6.07, 6.45) is 1.29. The number of carbonyl (C=O) groups excluding carboxylic acids is 1. The van der Waals surface area contributed by atoms with Crippen molar-refractivity contribution in [3.05, 3.63) is 61.6 Å². The van der Waals surface area contributed by atoms with E-state index in [1.165, 1.54) is 24.4 Å². The first-order valence-corrected chi connectivity index (χ1v) is 6.75. The van der Waals surface area contributed by atoms with Crippen LogP contribution in [0.1, 0.15) is 5.56 Å². The van der Waals surface area contributed by atoms with Crippen molar-refractivity contribution < 1.29 is 9.18 Å². The first-order chi connectivity index (χ1) is 9.45. The zero-order chi connectivity index (χ0) is 14.7. The minimum absolute atomic E-state index is 0.00510. The lowest BCUT2D eigenvalue weighted by Crippen LogP contribution is -2.17. The van der Waals surface area contributed by atoms with Crippen molar-refractivity contribution in [3.8, 4) is 0 Å². The van der Waals surface area contributed by atoms with Crippen LogP contribution in [0.3, 0.4) is 0 Å². The average molecular weight is 360 g/mol. The molecule has 0 aliphatic heterocycles. The van der Waals surface area contributed by atoms with Gasteiger partial charge in [-0.1, -0.05) is 17.7 Å². The smallest absolute Gasteiger partial charge is 0.229 e. The zero-order valence-electron chi connectivity index (χ0n) is 10.0. The molecule has 1 heterocycles. The molecule has 0 unspecified atom stereocenters. The third kappa shape index (κ3) is 3.68. The highest BCUT2D eigenvalue weighted by Crippen LogP contribution is 2.17. The van der Waals surface area contributed by atoms with Crippen LogP contribution in [0.4, 0.5) is 10.2 Å². The molecule has 0 saturated heterocycles. The summed E-state index contributed by atoms with van der Waals surface area (Å²) in [5.74, 6) is -0.568. The van der Waals surface area contributed by atoms with Crippen molar-refractivity contribution >= 4 is 39.3 Å². The first-order valence-electron chi connectivity index (χ1n) is 5.58. The SMILES string of the molecule is O=C(Cc1ccc(Br)c(F)c1)Nc1cc(=O)c(Cl)c[nH]1. The topological polar surface area (TPSA) is 62.0 Å². The molecule has 7 heteroatoms. The molecule has 0 bridgehead atoms. The second-order valence-electron chi connectivity index (χ2n) is 4.03. The van der Waals surface area contributed by atoms with Crippen LogP contribution >= 0.6 is 27.5 Å². The molecule has 0 atom stereocenters. The predicted octanol–water partition coefficient (Wildman–Crippen LogP) is 3.11. The van der Waals surface area contributed by atoms with Crippen LogP contribution in [-0.4, -0.2) is 10.9 Å². The molecule has 1 amide bonds. The van der Waals surface area contributed by atoms with E-state index < -0.39 is 11.2 Å². The maximum atomic E-state index is 13.3. The third-order valence-electron chi connectivity index (χ3n) is 2.49. The Labute approximate surface area is 127 Å². The number of carbonyl (C=O) groups is 1. The van der Waals surface area contributed by atoms with Crippen LogP contribution < -0.4 is 10.7 Å². The highest BCUT2D eigenvalue weighted by atomic mass is 79.9. The molecule has 0 spiro atoms. The summed E-state index contributed by atoms with van der Waals surface area (Å²) < 4.78 is 13.6. The van der Waals surface area contributed by atoms with Gasteiger partial charge in [0, 0.05) is 12.3 Å². The summed E-state index contributed by atoms with van der Waals surface area (Å²) in [6, 6.07) is 5.62. The van der Waals surface area contributed by atoms with Crippen LogP contribution in [0.2, 0.25) is 5.02 Å². The van der Waals surface area contributed by atoms with E-state index >= 15 is 0 Å². The fourth-order valence-corrected chi connectivity index (χ4v) is 1.91. The van der Waals surface area contributed by atoms with Crippen LogP contribution in [0, 0.1) is 5.82 Å². The van der Waals surface area contributed by atoms with E-state index in [-0.39, 0.29) is 23.2 Å². The van der Waals surface area contributed by atoms with Gasteiger partial charge in [-0.15, -0.1) is 0 Å². The van der Waals surface area contributed by atoms with Crippen molar-refractivity contribution in [1.29, 1.82) is 0 Å². The molecule has 2 rings (SSSR count). The number of amides is 1. The molecule has 1 aromatic carbocycles. The molecule has 0 aliphatic rings. The number of nitrogens with one attached hydrogen (secondary N) is 2. The molecule has 2 N–H and O–H groups in total. The van der Waals surface area contributed by atoms with E-state index in [4.69, 9.17) is 11.6 Å². The number of H-pyrrole nitrogens is 1. The number of hydrogen-bond acceptors (Lipinski definition) is 2. The molecule has 104 valence electrons. The van der Waals surface area contributed by atoms with Crippen molar-refractivity contribution in [2.24, 2.45) is 0 Å². The number of benzene rings is 1. The van der Waals surface area contributed by atoms with Gasteiger partial charge in [-0.3, -0.25) is 9.59 Å². The lowest BCUT2D eigenvalue weighted by molar-refractivity contribution is -0.115. The van der Waals surface area contributed by atoms with E-state index in [0.717, 1.165) is 0 Å². The number of aromatic amines is 1. The lowest BCUT2D eigenvalue weighted by atomic mass is 10.1. The van der Waals surface area contributed by atoms with Gasteiger partial charge in [0.25, 0.3) is 0 Å². The van der Waals surface area contributed by atoms with Crippen LogP contribution in [-0.2, 0) is 11.2 Å². The van der Waals surface area contributed by atoms with Crippen LogP contribution in [0.15, 0.2) is 39.7 Å². The Hall–Kier alpha value is -1.66. The monoisotopic (exact) mass is 358 g/mol. The standard InChI is InChI=1S/C13H9BrClFN2O2/c14-8-2-1-7(3-10(8)16)4-13(20)18-12-5-11(19)9(15)6-17-12/h1-3,5-6H,4H2,(H2,17,18,19,20). The molecule has 20 heavy (non-hydrogen) atoms. The summed E-state index contributed by atoms with van der Waals surface area (Å²) in [4.78, 5) is 25.7. The van der Waals surface area contributed by atoms with Crippen molar-refractivity contribution in [3.63, 3.8) is 0 Å². The molecule has 0 aliphatic carbocycles. The Bertz CT molecular complexity index is 718. The second-order valence-corrected chi connectivity index (χ2v) is 5.29. The lowest BCUT2D eigenvalue weighted by Gasteiger charge is -2.06. The van der Waals surface area contributed by atoms with E-state index in [1.54, 1.807) is 6.07 Å². The molecule has 2 aromatic rings. The highest BCUT2D eigenvalue weighted by Gasteiger charge is 2.08. The van der Waals surface area contributed by atoms with Gasteiger partial charge in [0.05, 0.1) is 10.9 Å². The van der Waals surface area contributed by atoms with E-state index in [2.05, 4.69) is 26.2 Å². The Morgan fingerprint density at radius 1 is 1.40 bits per heavy atom. The summed E-state index contributed by atoms with van der Waals surface area (Å²) >= 11 is 8.61. The van der Waals surface area contributed by atoms with Gasteiger partial charge < -0.3 is 10.3 Å². The normalized spacial score (nSPS) is 10.3. The molecular weight excluding hydrogens is 351 g/mol. The van der Waals surface area contributed by atoms with Gasteiger partial charge >= 0.3 is 0 Å². The fraction of sp³-hybridized carbons (Fsp3) is 0.0769. The van der Waals surface area contributed by atoms with E-state index in [1.807, 2.05) is 0 Å². The molecule has 4 nitrogen and oxygen atoms in total. The molecule has 0 radical (unpaired) electrons. The quantitative estimate of drug-likeness (QED) is 0.884. The zero-order valence-corrected chi connectivity index (χ0v) is 12.4. The first kappa shape index (κ1) is 14.7. The number of hydrogen-bond donors (Lipinski definition) is 2. The van der Waals surface area contributed by atoms with Gasteiger partial charge in [-0.25, -0.2) is 4.39 Å². The maximum Gasteiger partial charge on any atom is 0.229 e. The van der Waals surface area contributed by atoms with Crippen LogP contribution in [0.25, 0.3) is 0 Å². The van der Waals surface area contributed by atoms with Crippen molar-refractivity contribution in [2.75, 3.05) is 5.32 Å². The number of halogens is 3. The highest BCUT2D eigenvalue weighted by molar-refractivity contribution is 9.10. The van der Waals surface area contributed by atoms with Gasteiger partial charge in [0.1, 0.15) is 16.7 Å². The minimum Gasteiger partial charge on any atom is -0.346 e. The fourth-order valence-electron chi connectivity index (χ4n) is 1.56. The van der Waals surface area contributed by atoms with Gasteiger partial charge in [-0.05, 0) is 33.6 Å². The second kappa shape index (κ2) is 6.19. The summed E-state index contributed by atoms with van der Waals surface area (Å²) in [5.41, 5.74) is 0.134. The van der Waals surface area contributed by atoms with Gasteiger partial charge in [0.2, 0.25) is 11.3 Å². The largest absolute Gasteiger partial charge is 0.346 e. The van der Waals surface area contributed by atoms with Crippen molar-refractivity contribution in [1.82, 2.24) is 4.98 Å². The van der Waals surface area contributed by atoms with Crippen molar-refractivity contribution in [2.45, 2.75) is 6.42 Å². The summed E-state index contributed by atoms with van der Waals surface area (Å²) in [7, 11) is 0. The molecule has 0 fully saturated rings. The summed E-state index contributed by atoms with van der Waals surface area (Å²) in [5, 5.41) is 2.55. The van der Waals surface area contributed by atoms with Gasteiger partial charge in [-0.2, -0.15) is 0 Å². The van der Waals surface area contributed by atoms with Gasteiger partial charge in [0.15, 0.2) is 0 Å². The molecule has 1 aromatic heterocycles. The van der Waals surface area contributed by atoms with Crippen LogP contribution in [0.5, 0.6) is 0 Å². The number of aromatic nitrogens is 1. The maximum absolute atomic E-state index is 13.3. The Balaban J connectivity index is 2.06. The van der Waals surface area contributed by atoms with E-state index in [9.17, 15) is 14.0 Å². The summed E-state index contributed by atoms with van der Waals surface area (Å²) in [6.45, 7) is 0. The Morgan fingerprint density at radius 3 is 2.80 bits per heavy atom. The number of anilines is 1. The average Bonchev–Trinajstić information content (AvgIpc) is 2.38. The Morgan fingerprint density at radius 2 is 2.15 bits per heavy atom. The van der Waals surface area contributed by atoms with E-state index in [0.29, 0.717) is 10.0 Å². The third-order valence-corrected chi connectivity index (χ3v) is 3.43. The number of pyridine rings is 1. The number of rotatable bonds is 3. The Kier molecular flexibility index (Phi) is 4.57. The molecule has 0 saturated carbocycles.